The van der Waals surface area contributed by atoms with E-state index in [0.717, 1.165) is 0 Å². The molecule has 0 saturated heterocycles. The maximum Gasteiger partial charge on any atom is 0.132 e. The Hall–Kier alpha value is -1.54. The maximum atomic E-state index is 9.44. The highest BCUT2D eigenvalue weighted by Gasteiger charge is 2.05. The van der Waals surface area contributed by atoms with Gasteiger partial charge in [0.1, 0.15) is 11.8 Å². The molecule has 0 aliphatic rings. The lowest BCUT2D eigenvalue weighted by molar-refractivity contribution is 0.472. The van der Waals surface area contributed by atoms with Gasteiger partial charge in [0.2, 0.25) is 0 Å². The minimum atomic E-state index is 0.0694. The Morgan fingerprint density at radius 2 is 2.20 bits per heavy atom. The third-order valence-corrected chi connectivity index (χ3v) is 2.25. The molecule has 0 amide bonds. The van der Waals surface area contributed by atoms with E-state index < -0.39 is 0 Å². The van der Waals surface area contributed by atoms with Gasteiger partial charge in [-0.05, 0) is 22.0 Å². The summed E-state index contributed by atoms with van der Waals surface area (Å²) in [5.41, 5.74) is 0.865. The van der Waals surface area contributed by atoms with Gasteiger partial charge < -0.3 is 10.0 Å². The third kappa shape index (κ3) is 2.96. The third-order valence-electron chi connectivity index (χ3n) is 1.61. The largest absolute Gasteiger partial charge is 0.507 e. The standard InChI is InChI=1S/C10H10BrN3O/c1-14(2)6-13-9-4-10(15)8(11)3-7(9)5-12/h3-4,6,15H,1-2H3. The van der Waals surface area contributed by atoms with Gasteiger partial charge in [-0.3, -0.25) is 0 Å². The predicted octanol–water partition coefficient (Wildman–Crippen LogP) is 2.25. The zero-order valence-electron chi connectivity index (χ0n) is 8.40. The quantitative estimate of drug-likeness (QED) is 0.661. The van der Waals surface area contributed by atoms with E-state index in [1.807, 2.05) is 20.2 Å². The summed E-state index contributed by atoms with van der Waals surface area (Å²) in [7, 11) is 3.66. The van der Waals surface area contributed by atoms with Crippen LogP contribution in [0.4, 0.5) is 5.69 Å². The number of hydrogen-bond donors (Lipinski definition) is 1. The summed E-state index contributed by atoms with van der Waals surface area (Å²) < 4.78 is 0.489. The molecule has 0 aromatic heterocycles. The van der Waals surface area contributed by atoms with Crippen molar-refractivity contribution in [2.75, 3.05) is 14.1 Å². The van der Waals surface area contributed by atoms with Crippen LogP contribution in [-0.2, 0) is 0 Å². The number of phenolic OH excluding ortho intramolecular Hbond substituents is 1. The van der Waals surface area contributed by atoms with Crippen LogP contribution in [0.25, 0.3) is 0 Å². The van der Waals surface area contributed by atoms with Crippen molar-refractivity contribution in [3.05, 3.63) is 22.2 Å². The minimum Gasteiger partial charge on any atom is -0.507 e. The Balaban J connectivity index is 3.18. The van der Waals surface area contributed by atoms with Crippen molar-refractivity contribution in [2.24, 2.45) is 4.99 Å². The molecule has 15 heavy (non-hydrogen) atoms. The molecule has 0 spiro atoms. The molecule has 1 aromatic rings. The average Bonchev–Trinajstić information content (AvgIpc) is 2.19. The van der Waals surface area contributed by atoms with E-state index in [0.29, 0.717) is 15.7 Å². The van der Waals surface area contributed by atoms with Gasteiger partial charge in [-0.1, -0.05) is 0 Å². The van der Waals surface area contributed by atoms with Gasteiger partial charge in [-0.15, -0.1) is 0 Å². The number of nitrogens with zero attached hydrogens (tertiary/aromatic N) is 3. The molecule has 1 N–H and O–H groups in total. The van der Waals surface area contributed by atoms with E-state index in [4.69, 9.17) is 5.26 Å². The monoisotopic (exact) mass is 267 g/mol. The summed E-state index contributed by atoms with van der Waals surface area (Å²) in [5.74, 6) is 0.0694. The molecule has 78 valence electrons. The van der Waals surface area contributed by atoms with E-state index in [9.17, 15) is 5.11 Å². The van der Waals surface area contributed by atoms with Crippen LogP contribution >= 0.6 is 15.9 Å². The van der Waals surface area contributed by atoms with Crippen LogP contribution in [0.15, 0.2) is 21.6 Å². The smallest absolute Gasteiger partial charge is 0.132 e. The van der Waals surface area contributed by atoms with E-state index in [2.05, 4.69) is 20.9 Å². The number of aromatic hydroxyl groups is 1. The Labute approximate surface area is 96.6 Å². The van der Waals surface area contributed by atoms with E-state index in [1.54, 1.807) is 11.2 Å². The molecular weight excluding hydrogens is 258 g/mol. The van der Waals surface area contributed by atoms with Gasteiger partial charge in [-0.25, -0.2) is 4.99 Å². The van der Waals surface area contributed by atoms with Crippen molar-refractivity contribution in [3.8, 4) is 11.8 Å². The van der Waals surface area contributed by atoms with Crippen LogP contribution < -0.4 is 0 Å². The molecule has 0 atom stereocenters. The highest BCUT2D eigenvalue weighted by atomic mass is 79.9. The normalized spacial score (nSPS) is 10.3. The first kappa shape index (κ1) is 11.5. The van der Waals surface area contributed by atoms with Gasteiger partial charge in [0.05, 0.1) is 22.1 Å². The summed E-state index contributed by atoms with van der Waals surface area (Å²) in [6, 6.07) is 5.00. The molecule has 1 rings (SSSR count). The molecule has 1 aromatic carbocycles. The van der Waals surface area contributed by atoms with Crippen LogP contribution in [0.3, 0.4) is 0 Å². The Bertz CT molecular complexity index is 435. The van der Waals surface area contributed by atoms with Crippen molar-refractivity contribution in [1.29, 1.82) is 5.26 Å². The lowest BCUT2D eigenvalue weighted by Gasteiger charge is -2.04. The fourth-order valence-corrected chi connectivity index (χ4v) is 1.27. The van der Waals surface area contributed by atoms with Crippen molar-refractivity contribution in [1.82, 2.24) is 4.90 Å². The van der Waals surface area contributed by atoms with Crippen LogP contribution in [0, 0.1) is 11.3 Å². The molecule has 0 bridgehead atoms. The van der Waals surface area contributed by atoms with Crippen LogP contribution in [0.1, 0.15) is 5.56 Å². The van der Waals surface area contributed by atoms with Crippen molar-refractivity contribution in [3.63, 3.8) is 0 Å². The fraction of sp³-hybridized carbons (Fsp3) is 0.200. The van der Waals surface area contributed by atoms with Gasteiger partial charge in [-0.2, -0.15) is 5.26 Å². The zero-order chi connectivity index (χ0) is 11.4. The number of hydrogen-bond acceptors (Lipinski definition) is 3. The topological polar surface area (TPSA) is 59.6 Å². The summed E-state index contributed by atoms with van der Waals surface area (Å²) in [4.78, 5) is 5.83. The van der Waals surface area contributed by atoms with Crippen molar-refractivity contribution >= 4 is 28.0 Å². The SMILES string of the molecule is CN(C)C=Nc1cc(O)c(Br)cc1C#N. The second-order valence-corrected chi connectivity index (χ2v) is 4.00. The second-order valence-electron chi connectivity index (χ2n) is 3.14. The summed E-state index contributed by atoms with van der Waals surface area (Å²) in [5, 5.41) is 18.3. The Kier molecular flexibility index (Phi) is 3.69. The molecule has 0 unspecified atom stereocenters. The molecule has 0 fully saturated rings. The maximum absolute atomic E-state index is 9.44. The van der Waals surface area contributed by atoms with E-state index >= 15 is 0 Å². The lowest BCUT2D eigenvalue weighted by atomic mass is 10.2. The Morgan fingerprint density at radius 3 is 2.73 bits per heavy atom. The van der Waals surface area contributed by atoms with Crippen molar-refractivity contribution < 1.29 is 5.11 Å². The van der Waals surface area contributed by atoms with Crippen LogP contribution in [-0.4, -0.2) is 30.4 Å². The molecule has 0 saturated carbocycles. The number of aliphatic imine (C=N–C) groups is 1. The minimum absolute atomic E-state index is 0.0694. The molecule has 0 aliphatic carbocycles. The first-order valence-corrected chi connectivity index (χ1v) is 4.97. The lowest BCUT2D eigenvalue weighted by Crippen LogP contribution is -2.07. The summed E-state index contributed by atoms with van der Waals surface area (Å²) >= 11 is 3.14. The summed E-state index contributed by atoms with van der Waals surface area (Å²) in [6.45, 7) is 0. The van der Waals surface area contributed by atoms with E-state index in [-0.39, 0.29) is 5.75 Å². The fourth-order valence-electron chi connectivity index (χ4n) is 0.925. The zero-order valence-corrected chi connectivity index (χ0v) is 9.98. The van der Waals surface area contributed by atoms with Crippen molar-refractivity contribution in [2.45, 2.75) is 0 Å². The number of nitriles is 1. The average molecular weight is 268 g/mol. The molecule has 0 radical (unpaired) electrons. The first-order valence-electron chi connectivity index (χ1n) is 4.18. The summed E-state index contributed by atoms with van der Waals surface area (Å²) in [6.07, 6.45) is 1.57. The molecule has 0 heterocycles. The number of benzene rings is 1. The van der Waals surface area contributed by atoms with Crippen LogP contribution in [0.2, 0.25) is 0 Å². The number of halogens is 1. The highest BCUT2D eigenvalue weighted by Crippen LogP contribution is 2.31. The number of rotatable bonds is 2. The number of phenols is 1. The van der Waals surface area contributed by atoms with Gasteiger partial charge in [0.25, 0.3) is 0 Å². The van der Waals surface area contributed by atoms with E-state index in [1.165, 1.54) is 12.1 Å². The van der Waals surface area contributed by atoms with Crippen LogP contribution in [0.5, 0.6) is 5.75 Å². The molecule has 0 aliphatic heterocycles. The molecule has 4 nitrogen and oxygen atoms in total. The van der Waals surface area contributed by atoms with Gasteiger partial charge in [0, 0.05) is 20.2 Å². The second kappa shape index (κ2) is 4.80. The first-order chi connectivity index (χ1) is 7.04. The molecular formula is C10H10BrN3O. The van der Waals surface area contributed by atoms with Gasteiger partial charge in [0.15, 0.2) is 0 Å². The van der Waals surface area contributed by atoms with Gasteiger partial charge >= 0.3 is 0 Å². The predicted molar refractivity (Wildman–Crippen MR) is 62.4 cm³/mol. The highest BCUT2D eigenvalue weighted by molar-refractivity contribution is 9.10. The molecule has 5 heteroatoms. The Morgan fingerprint density at radius 1 is 1.53 bits per heavy atom.